The second kappa shape index (κ2) is 8.14. The zero-order chi connectivity index (χ0) is 15.1. The van der Waals surface area contributed by atoms with Crippen LogP contribution in [0.4, 0.5) is 5.69 Å². The Labute approximate surface area is 137 Å². The third kappa shape index (κ3) is 5.13. The van der Waals surface area contributed by atoms with Crippen molar-refractivity contribution < 1.29 is 0 Å². The molecule has 6 heteroatoms. The van der Waals surface area contributed by atoms with Crippen LogP contribution in [0.3, 0.4) is 0 Å². The lowest BCUT2D eigenvalue weighted by Crippen LogP contribution is -2.50. The number of hydrogen-bond donors (Lipinski definition) is 4. The molecule has 0 amide bonds. The van der Waals surface area contributed by atoms with Crippen molar-refractivity contribution in [2.24, 2.45) is 0 Å². The van der Waals surface area contributed by atoms with Crippen LogP contribution in [0.1, 0.15) is 38.2 Å². The van der Waals surface area contributed by atoms with Gasteiger partial charge in [0, 0.05) is 11.7 Å². The van der Waals surface area contributed by atoms with Crippen molar-refractivity contribution in [2.45, 2.75) is 45.1 Å². The highest BCUT2D eigenvalue weighted by Gasteiger charge is 2.15. The summed E-state index contributed by atoms with van der Waals surface area (Å²) in [6.07, 6.45) is 5.90. The first-order valence-corrected chi connectivity index (χ1v) is 8.22. The van der Waals surface area contributed by atoms with Gasteiger partial charge >= 0.3 is 0 Å². The van der Waals surface area contributed by atoms with Gasteiger partial charge in [0.1, 0.15) is 0 Å². The molecular weight excluding hydrogens is 300 g/mol. The number of aryl methyl sites for hydroxylation is 1. The summed E-state index contributed by atoms with van der Waals surface area (Å²) in [4.78, 5) is 0. The van der Waals surface area contributed by atoms with Crippen LogP contribution < -0.4 is 21.5 Å². The van der Waals surface area contributed by atoms with Crippen molar-refractivity contribution in [3.63, 3.8) is 0 Å². The zero-order valence-electron chi connectivity index (χ0n) is 12.2. The highest BCUT2D eigenvalue weighted by atomic mass is 32.1. The number of hydrogen-bond acceptors (Lipinski definition) is 2. The van der Waals surface area contributed by atoms with Gasteiger partial charge in [0.2, 0.25) is 0 Å². The van der Waals surface area contributed by atoms with Gasteiger partial charge in [0.15, 0.2) is 10.2 Å². The summed E-state index contributed by atoms with van der Waals surface area (Å²) in [6.45, 7) is 2.12. The SMILES string of the molecule is CCc1ccccc1NC(=S)NNC(=S)NC1CCCC1. The summed E-state index contributed by atoms with van der Waals surface area (Å²) in [5.74, 6) is 0. The first-order chi connectivity index (χ1) is 10.2. The molecule has 1 aliphatic carbocycles. The van der Waals surface area contributed by atoms with E-state index in [4.69, 9.17) is 24.4 Å². The molecule has 0 radical (unpaired) electrons. The normalized spacial score (nSPS) is 14.5. The standard InChI is InChI=1S/C15H22N4S2/c1-2-11-7-3-6-10-13(11)17-15(21)19-18-14(20)16-12-8-4-5-9-12/h3,6-7,10,12H,2,4-5,8-9H2,1H3,(H2,16,18,20)(H2,17,19,21). The van der Waals surface area contributed by atoms with Crippen molar-refractivity contribution in [3.05, 3.63) is 29.8 Å². The first-order valence-electron chi connectivity index (χ1n) is 7.40. The molecule has 1 aliphatic rings. The Hall–Kier alpha value is -1.40. The predicted octanol–water partition coefficient (Wildman–Crippen LogP) is 2.86. The van der Waals surface area contributed by atoms with Gasteiger partial charge in [-0.25, -0.2) is 0 Å². The summed E-state index contributed by atoms with van der Waals surface area (Å²) in [5, 5.41) is 7.57. The number of hydrazine groups is 1. The lowest BCUT2D eigenvalue weighted by molar-refractivity contribution is 0.618. The topological polar surface area (TPSA) is 48.1 Å². The average molecular weight is 323 g/mol. The minimum Gasteiger partial charge on any atom is -0.359 e. The number of rotatable bonds is 3. The van der Waals surface area contributed by atoms with Gasteiger partial charge in [-0.1, -0.05) is 38.0 Å². The Kier molecular flexibility index (Phi) is 6.20. The average Bonchev–Trinajstić information content (AvgIpc) is 2.98. The van der Waals surface area contributed by atoms with Crippen LogP contribution in [0.25, 0.3) is 0 Å². The van der Waals surface area contributed by atoms with Crippen molar-refractivity contribution >= 4 is 40.3 Å². The molecule has 0 atom stereocenters. The van der Waals surface area contributed by atoms with Crippen LogP contribution in [0.15, 0.2) is 24.3 Å². The van der Waals surface area contributed by atoms with Crippen LogP contribution in [0, 0.1) is 0 Å². The van der Waals surface area contributed by atoms with Crippen LogP contribution in [-0.4, -0.2) is 16.3 Å². The molecule has 4 N–H and O–H groups in total. The number of para-hydroxylation sites is 1. The Morgan fingerprint density at radius 2 is 1.76 bits per heavy atom. The van der Waals surface area contributed by atoms with Gasteiger partial charge in [-0.3, -0.25) is 10.9 Å². The molecule has 2 rings (SSSR count). The Morgan fingerprint density at radius 3 is 2.48 bits per heavy atom. The third-order valence-electron chi connectivity index (χ3n) is 3.63. The van der Waals surface area contributed by atoms with Gasteiger partial charge in [-0.05, 0) is 55.3 Å². The van der Waals surface area contributed by atoms with Crippen molar-refractivity contribution in [2.75, 3.05) is 5.32 Å². The molecule has 1 saturated carbocycles. The van der Waals surface area contributed by atoms with Crippen LogP contribution >= 0.6 is 24.4 Å². The molecule has 0 aromatic heterocycles. The maximum atomic E-state index is 5.27. The highest BCUT2D eigenvalue weighted by Crippen LogP contribution is 2.17. The van der Waals surface area contributed by atoms with E-state index in [9.17, 15) is 0 Å². The minimum atomic E-state index is 0.495. The lowest BCUT2D eigenvalue weighted by Gasteiger charge is -2.18. The van der Waals surface area contributed by atoms with Gasteiger partial charge in [-0.2, -0.15) is 0 Å². The second-order valence-electron chi connectivity index (χ2n) is 5.17. The Morgan fingerprint density at radius 1 is 1.10 bits per heavy atom. The van der Waals surface area contributed by atoms with E-state index in [1.54, 1.807) is 0 Å². The maximum absolute atomic E-state index is 5.27. The van der Waals surface area contributed by atoms with E-state index in [1.807, 2.05) is 18.2 Å². The van der Waals surface area contributed by atoms with E-state index >= 15 is 0 Å². The molecular formula is C15H22N4S2. The monoisotopic (exact) mass is 322 g/mol. The van der Waals surface area contributed by atoms with Crippen molar-refractivity contribution in [1.82, 2.24) is 16.2 Å². The smallest absolute Gasteiger partial charge is 0.189 e. The largest absolute Gasteiger partial charge is 0.359 e. The van der Waals surface area contributed by atoms with Crippen LogP contribution in [0.2, 0.25) is 0 Å². The van der Waals surface area contributed by atoms with E-state index in [0.29, 0.717) is 16.3 Å². The summed E-state index contributed by atoms with van der Waals surface area (Å²) in [5.41, 5.74) is 8.11. The van der Waals surface area contributed by atoms with Crippen LogP contribution in [0.5, 0.6) is 0 Å². The molecule has 21 heavy (non-hydrogen) atoms. The van der Waals surface area contributed by atoms with E-state index in [2.05, 4.69) is 34.5 Å². The second-order valence-corrected chi connectivity index (χ2v) is 5.99. The quantitative estimate of drug-likeness (QED) is 0.507. The summed E-state index contributed by atoms with van der Waals surface area (Å²) < 4.78 is 0. The molecule has 0 unspecified atom stereocenters. The fraction of sp³-hybridized carbons (Fsp3) is 0.467. The maximum Gasteiger partial charge on any atom is 0.189 e. The summed E-state index contributed by atoms with van der Waals surface area (Å²) in [6, 6.07) is 8.62. The van der Waals surface area contributed by atoms with Gasteiger partial charge in [0.05, 0.1) is 0 Å². The van der Waals surface area contributed by atoms with Crippen molar-refractivity contribution in [1.29, 1.82) is 0 Å². The molecule has 1 aromatic carbocycles. The number of benzene rings is 1. The molecule has 0 aliphatic heterocycles. The number of nitrogens with one attached hydrogen (secondary N) is 4. The number of anilines is 1. The number of thiocarbonyl (C=S) groups is 2. The van der Waals surface area contributed by atoms with E-state index in [1.165, 1.54) is 31.2 Å². The zero-order valence-corrected chi connectivity index (χ0v) is 13.9. The molecule has 0 bridgehead atoms. The molecule has 4 nitrogen and oxygen atoms in total. The van der Waals surface area contributed by atoms with Crippen LogP contribution in [-0.2, 0) is 6.42 Å². The Bertz CT molecular complexity index is 498. The first kappa shape index (κ1) is 16.0. The van der Waals surface area contributed by atoms with Crippen molar-refractivity contribution in [3.8, 4) is 0 Å². The van der Waals surface area contributed by atoms with Gasteiger partial charge in [0.25, 0.3) is 0 Å². The summed E-state index contributed by atoms with van der Waals surface area (Å²) >= 11 is 10.5. The molecule has 1 fully saturated rings. The summed E-state index contributed by atoms with van der Waals surface area (Å²) in [7, 11) is 0. The fourth-order valence-electron chi connectivity index (χ4n) is 2.51. The lowest BCUT2D eigenvalue weighted by atomic mass is 10.1. The van der Waals surface area contributed by atoms with E-state index < -0.39 is 0 Å². The molecule has 0 saturated heterocycles. The molecule has 114 valence electrons. The highest BCUT2D eigenvalue weighted by molar-refractivity contribution is 7.80. The third-order valence-corrected chi connectivity index (χ3v) is 4.05. The van der Waals surface area contributed by atoms with E-state index in [-0.39, 0.29) is 0 Å². The van der Waals surface area contributed by atoms with E-state index in [0.717, 1.165) is 12.1 Å². The molecule has 0 spiro atoms. The minimum absolute atomic E-state index is 0.495. The molecule has 0 heterocycles. The fourth-order valence-corrected chi connectivity index (χ4v) is 2.89. The van der Waals surface area contributed by atoms with Gasteiger partial charge in [-0.15, -0.1) is 0 Å². The predicted molar refractivity (Wildman–Crippen MR) is 96.3 cm³/mol. The Balaban J connectivity index is 1.75. The molecule has 1 aromatic rings. The van der Waals surface area contributed by atoms with Gasteiger partial charge < -0.3 is 10.6 Å².